The molecule has 0 aliphatic heterocycles. The van der Waals surface area contributed by atoms with Gasteiger partial charge in [-0.25, -0.2) is 0 Å². The van der Waals surface area contributed by atoms with Crippen molar-refractivity contribution in [1.29, 1.82) is 0 Å². The van der Waals surface area contributed by atoms with E-state index in [9.17, 15) is 9.59 Å². The highest BCUT2D eigenvalue weighted by molar-refractivity contribution is 5.96. The van der Waals surface area contributed by atoms with Gasteiger partial charge in [-0.05, 0) is 50.5 Å². The minimum absolute atomic E-state index is 0.0790. The van der Waals surface area contributed by atoms with Crippen molar-refractivity contribution in [3.8, 4) is 0 Å². The first-order valence-electron chi connectivity index (χ1n) is 9.32. The molecular weight excluding hydrogens is 326 g/mol. The van der Waals surface area contributed by atoms with Crippen molar-refractivity contribution in [3.05, 3.63) is 58.4 Å². The van der Waals surface area contributed by atoms with E-state index in [0.717, 1.165) is 22.5 Å². The molecule has 0 unspecified atom stereocenters. The minimum Gasteiger partial charge on any atom is -0.366 e. The van der Waals surface area contributed by atoms with Crippen molar-refractivity contribution < 1.29 is 9.59 Å². The van der Waals surface area contributed by atoms with Gasteiger partial charge in [0.25, 0.3) is 5.91 Å². The average molecular weight is 353 g/mol. The summed E-state index contributed by atoms with van der Waals surface area (Å²) in [5, 5.41) is 2.96. The Hall–Kier alpha value is -2.56. The molecule has 0 saturated heterocycles. The van der Waals surface area contributed by atoms with Gasteiger partial charge >= 0.3 is 0 Å². The average Bonchev–Trinajstić information content (AvgIpc) is 2.95. The Morgan fingerprint density at radius 2 is 1.88 bits per heavy atom. The minimum atomic E-state index is -0.464. The molecule has 3 rings (SSSR count). The molecule has 26 heavy (non-hydrogen) atoms. The van der Waals surface area contributed by atoms with Gasteiger partial charge in [0, 0.05) is 29.5 Å². The highest BCUT2D eigenvalue weighted by Gasteiger charge is 2.22. The number of aryl methyl sites for hydroxylation is 1. The van der Waals surface area contributed by atoms with Crippen LogP contribution in [0.4, 0.5) is 0 Å². The van der Waals surface area contributed by atoms with E-state index in [1.165, 1.54) is 32.1 Å². The van der Waals surface area contributed by atoms with Crippen molar-refractivity contribution in [2.75, 3.05) is 0 Å². The summed E-state index contributed by atoms with van der Waals surface area (Å²) in [5.41, 5.74) is 9.54. The molecule has 1 saturated carbocycles. The van der Waals surface area contributed by atoms with Gasteiger partial charge in [0.05, 0.1) is 5.56 Å². The molecule has 138 valence electrons. The van der Waals surface area contributed by atoms with E-state index in [1.54, 1.807) is 18.2 Å². The highest BCUT2D eigenvalue weighted by Crippen LogP contribution is 2.32. The van der Waals surface area contributed by atoms with E-state index in [1.807, 2.05) is 19.1 Å². The molecule has 0 radical (unpaired) electrons. The standard InChI is InChI=1S/C21H27N3O2/c1-14-11-19(15(2)24(14)18-9-4-3-5-10-18)21(26)23-13-16-7-6-8-17(12-16)20(22)25/h6-8,11-12,18H,3-5,9-10,13H2,1-2H3,(H2,22,25)(H,23,26). The van der Waals surface area contributed by atoms with Gasteiger partial charge in [-0.3, -0.25) is 9.59 Å². The van der Waals surface area contributed by atoms with Gasteiger partial charge in [0.15, 0.2) is 0 Å². The molecule has 0 atom stereocenters. The largest absolute Gasteiger partial charge is 0.366 e. The van der Waals surface area contributed by atoms with Crippen molar-refractivity contribution in [1.82, 2.24) is 9.88 Å². The number of rotatable bonds is 5. The highest BCUT2D eigenvalue weighted by atomic mass is 16.2. The zero-order valence-electron chi connectivity index (χ0n) is 15.5. The zero-order chi connectivity index (χ0) is 18.7. The lowest BCUT2D eigenvalue weighted by Crippen LogP contribution is -2.24. The van der Waals surface area contributed by atoms with Crippen molar-refractivity contribution in [3.63, 3.8) is 0 Å². The maximum atomic E-state index is 12.7. The first-order valence-corrected chi connectivity index (χ1v) is 9.32. The third-order valence-corrected chi connectivity index (χ3v) is 5.33. The Balaban J connectivity index is 1.72. The fourth-order valence-corrected chi connectivity index (χ4v) is 4.02. The number of hydrogen-bond acceptors (Lipinski definition) is 2. The summed E-state index contributed by atoms with van der Waals surface area (Å²) >= 11 is 0. The molecule has 1 fully saturated rings. The molecule has 1 aromatic heterocycles. The molecule has 0 bridgehead atoms. The van der Waals surface area contributed by atoms with E-state index in [0.29, 0.717) is 18.2 Å². The Morgan fingerprint density at radius 1 is 1.15 bits per heavy atom. The van der Waals surface area contributed by atoms with Crippen LogP contribution in [0.2, 0.25) is 0 Å². The summed E-state index contributed by atoms with van der Waals surface area (Å²) in [4.78, 5) is 24.0. The number of nitrogens with one attached hydrogen (secondary N) is 1. The van der Waals surface area contributed by atoms with Crippen LogP contribution in [0.3, 0.4) is 0 Å². The third kappa shape index (κ3) is 3.82. The number of primary amides is 1. The first-order chi connectivity index (χ1) is 12.5. The molecule has 2 amide bonds. The van der Waals surface area contributed by atoms with Crippen molar-refractivity contribution >= 4 is 11.8 Å². The Morgan fingerprint density at radius 3 is 2.58 bits per heavy atom. The van der Waals surface area contributed by atoms with E-state index in [2.05, 4.69) is 16.8 Å². The predicted molar refractivity (Wildman–Crippen MR) is 102 cm³/mol. The van der Waals surface area contributed by atoms with Crippen LogP contribution in [0.25, 0.3) is 0 Å². The van der Waals surface area contributed by atoms with Crippen LogP contribution in [-0.4, -0.2) is 16.4 Å². The lowest BCUT2D eigenvalue weighted by molar-refractivity contribution is 0.0949. The smallest absolute Gasteiger partial charge is 0.253 e. The molecule has 0 spiro atoms. The molecule has 1 aromatic carbocycles. The van der Waals surface area contributed by atoms with Crippen LogP contribution in [0.1, 0.15) is 75.8 Å². The second-order valence-electron chi connectivity index (χ2n) is 7.19. The maximum absolute atomic E-state index is 12.7. The van der Waals surface area contributed by atoms with Crippen LogP contribution >= 0.6 is 0 Å². The predicted octanol–water partition coefficient (Wildman–Crippen LogP) is 3.64. The number of carbonyl (C=O) groups is 2. The van der Waals surface area contributed by atoms with Crippen LogP contribution in [-0.2, 0) is 6.54 Å². The lowest BCUT2D eigenvalue weighted by Gasteiger charge is -2.26. The van der Waals surface area contributed by atoms with Crippen molar-refractivity contribution in [2.45, 2.75) is 58.5 Å². The van der Waals surface area contributed by atoms with Gasteiger partial charge in [0.2, 0.25) is 5.91 Å². The van der Waals surface area contributed by atoms with Gasteiger partial charge < -0.3 is 15.6 Å². The molecule has 1 aliphatic rings. The Labute approximate surface area is 154 Å². The van der Waals surface area contributed by atoms with Crippen LogP contribution in [0.15, 0.2) is 30.3 Å². The second kappa shape index (κ2) is 7.77. The molecule has 5 heteroatoms. The van der Waals surface area contributed by atoms with Gasteiger partial charge in [0.1, 0.15) is 0 Å². The number of amides is 2. The van der Waals surface area contributed by atoms with Crippen molar-refractivity contribution in [2.24, 2.45) is 5.73 Å². The number of nitrogens with zero attached hydrogens (tertiary/aromatic N) is 1. The summed E-state index contributed by atoms with van der Waals surface area (Å²) in [5.74, 6) is -0.543. The van der Waals surface area contributed by atoms with E-state index < -0.39 is 5.91 Å². The molecule has 3 N–H and O–H groups in total. The fourth-order valence-electron chi connectivity index (χ4n) is 4.02. The van der Waals surface area contributed by atoms with Crippen LogP contribution in [0, 0.1) is 13.8 Å². The molecular formula is C21H27N3O2. The topological polar surface area (TPSA) is 77.1 Å². The summed E-state index contributed by atoms with van der Waals surface area (Å²) in [6, 6.07) is 9.53. The molecule has 2 aromatic rings. The summed E-state index contributed by atoms with van der Waals surface area (Å²) in [6.07, 6.45) is 6.22. The lowest BCUT2D eigenvalue weighted by atomic mass is 9.95. The molecule has 1 heterocycles. The third-order valence-electron chi connectivity index (χ3n) is 5.33. The van der Waals surface area contributed by atoms with Crippen LogP contribution in [0.5, 0.6) is 0 Å². The van der Waals surface area contributed by atoms with Gasteiger partial charge in [-0.2, -0.15) is 0 Å². The molecule has 1 aliphatic carbocycles. The Kier molecular flexibility index (Phi) is 5.45. The second-order valence-corrected chi connectivity index (χ2v) is 7.19. The summed E-state index contributed by atoms with van der Waals surface area (Å²) in [6.45, 7) is 4.48. The SMILES string of the molecule is Cc1cc(C(=O)NCc2cccc(C(N)=O)c2)c(C)n1C1CCCCC1. The Bertz CT molecular complexity index is 817. The summed E-state index contributed by atoms with van der Waals surface area (Å²) < 4.78 is 2.34. The normalized spacial score (nSPS) is 15.0. The number of carbonyl (C=O) groups excluding carboxylic acids is 2. The monoisotopic (exact) mass is 353 g/mol. The first kappa shape index (κ1) is 18.2. The van der Waals surface area contributed by atoms with E-state index >= 15 is 0 Å². The number of benzene rings is 1. The summed E-state index contributed by atoms with van der Waals surface area (Å²) in [7, 11) is 0. The number of nitrogens with two attached hydrogens (primary N) is 1. The van der Waals surface area contributed by atoms with Gasteiger partial charge in [-0.15, -0.1) is 0 Å². The maximum Gasteiger partial charge on any atom is 0.253 e. The fraction of sp³-hybridized carbons (Fsp3) is 0.429. The number of hydrogen-bond donors (Lipinski definition) is 2. The van der Waals surface area contributed by atoms with Gasteiger partial charge in [-0.1, -0.05) is 31.4 Å². The van der Waals surface area contributed by atoms with E-state index in [4.69, 9.17) is 5.73 Å². The quantitative estimate of drug-likeness (QED) is 0.861. The van der Waals surface area contributed by atoms with E-state index in [-0.39, 0.29) is 5.91 Å². The zero-order valence-corrected chi connectivity index (χ0v) is 15.5. The van der Waals surface area contributed by atoms with Crippen LogP contribution < -0.4 is 11.1 Å². The molecule has 5 nitrogen and oxygen atoms in total. The number of aromatic nitrogens is 1.